The van der Waals surface area contributed by atoms with E-state index >= 15 is 0 Å². The largest absolute Gasteiger partial charge is 0.508 e. The monoisotopic (exact) mass is 1370 g/mol. The standard InChI is InChI=1S/C73H121N13O12/c74-38-16-13-19-48(78-68(93)55-25-4-10-31-61(55)84-71(96)52-22-1-7-28-58(52)81-64(88)42-47(77)41-46-34-36-51(87)37-35-46)43-65(89)82-59-29-8-2-23-53(59)72(97)85-62-32-11-5-26-56(62)69(94)79-49(20-14-17-39-75)44-66(90)83-60-30-9-3-24-54(60)73(98)86-63-33-12-6-27-57(63)70(95)80-50(45-67(91)92)21-15-18-40-76/h34-37,47-50,52-63,87H,1-33,38-45,74-77H2,(H,78,93)(H,79,94)(H,80,95)(H,81,88)(H,82,89)(H,83,90)(H,84,96)(H,85,97)(H,86,98)(H,91,92)/t47-,48-,49-,50-,52-,53-,54-,55-,56-,57-,58-,59-,60-,61-,62-,63-/m0/s1. The molecule has 0 bridgehead atoms. The Morgan fingerprint density at radius 3 is 0.918 bits per heavy atom. The molecule has 6 saturated carbocycles. The third kappa shape index (κ3) is 25.9. The van der Waals surface area contributed by atoms with Crippen molar-refractivity contribution in [1.29, 1.82) is 0 Å². The van der Waals surface area contributed by atoms with Crippen molar-refractivity contribution in [2.75, 3.05) is 19.6 Å². The second kappa shape index (κ2) is 42.0. The number of carboxylic acids is 1. The van der Waals surface area contributed by atoms with Gasteiger partial charge in [0.05, 0.1) is 41.9 Å². The molecule has 1 aromatic rings. The van der Waals surface area contributed by atoms with Crippen LogP contribution >= 0.6 is 0 Å². The van der Waals surface area contributed by atoms with Crippen LogP contribution in [0.1, 0.15) is 243 Å². The lowest BCUT2D eigenvalue weighted by atomic mass is 9.80. The van der Waals surface area contributed by atoms with Gasteiger partial charge in [0.15, 0.2) is 0 Å². The van der Waals surface area contributed by atoms with E-state index in [1.807, 2.05) is 0 Å². The number of aromatic hydroxyl groups is 1. The molecule has 0 unspecified atom stereocenters. The first-order valence-electron chi connectivity index (χ1n) is 37.9. The third-order valence-electron chi connectivity index (χ3n) is 21.9. The fourth-order valence-electron chi connectivity index (χ4n) is 16.5. The molecule has 0 spiro atoms. The van der Waals surface area contributed by atoms with Crippen LogP contribution in [0.2, 0.25) is 0 Å². The zero-order valence-corrected chi connectivity index (χ0v) is 58.3. The molecule has 16 atom stereocenters. The Morgan fingerprint density at radius 2 is 0.622 bits per heavy atom. The Hall–Kier alpha value is -6.44. The van der Waals surface area contributed by atoms with Gasteiger partial charge in [-0.3, -0.25) is 47.9 Å². The minimum atomic E-state index is -1.00. The predicted molar refractivity (Wildman–Crippen MR) is 374 cm³/mol. The molecule has 25 heteroatoms. The van der Waals surface area contributed by atoms with E-state index in [-0.39, 0.29) is 90.6 Å². The van der Waals surface area contributed by atoms with Gasteiger partial charge in [0.2, 0.25) is 53.2 Å². The summed E-state index contributed by atoms with van der Waals surface area (Å²) >= 11 is 0. The Labute approximate surface area is 580 Å². The molecule has 9 amide bonds. The molecule has 19 N–H and O–H groups in total. The normalized spacial score (nSPS) is 27.0. The van der Waals surface area contributed by atoms with Gasteiger partial charge < -0.3 is 81.0 Å². The zero-order chi connectivity index (χ0) is 70.3. The maximum absolute atomic E-state index is 14.5. The number of nitrogens with two attached hydrogens (primary N) is 4. The van der Waals surface area contributed by atoms with E-state index < -0.39 is 95.9 Å². The van der Waals surface area contributed by atoms with E-state index in [0.717, 1.165) is 82.6 Å². The van der Waals surface area contributed by atoms with Crippen LogP contribution in [0.25, 0.3) is 0 Å². The number of carboxylic acid groups (broad SMARTS) is 1. The van der Waals surface area contributed by atoms with E-state index in [9.17, 15) is 58.2 Å². The summed E-state index contributed by atoms with van der Waals surface area (Å²) < 4.78 is 0. The molecule has 6 aliphatic carbocycles. The highest BCUT2D eigenvalue weighted by Crippen LogP contribution is 2.33. The molecule has 0 radical (unpaired) electrons. The third-order valence-corrected chi connectivity index (χ3v) is 21.9. The number of nitrogens with one attached hydrogen (secondary N) is 9. The molecule has 98 heavy (non-hydrogen) atoms. The van der Waals surface area contributed by atoms with Gasteiger partial charge in [-0.15, -0.1) is 0 Å². The molecule has 550 valence electrons. The number of aliphatic carboxylic acids is 1. The van der Waals surface area contributed by atoms with Gasteiger partial charge in [0.25, 0.3) is 0 Å². The Bertz CT molecular complexity index is 2720. The Kier molecular flexibility index (Phi) is 33.8. The van der Waals surface area contributed by atoms with Crippen molar-refractivity contribution < 1.29 is 58.2 Å². The van der Waals surface area contributed by atoms with Crippen molar-refractivity contribution in [2.45, 2.75) is 304 Å². The first-order chi connectivity index (χ1) is 47.3. The second-order valence-corrected chi connectivity index (χ2v) is 29.5. The van der Waals surface area contributed by atoms with Crippen molar-refractivity contribution >= 4 is 59.1 Å². The van der Waals surface area contributed by atoms with Crippen LogP contribution in [0.3, 0.4) is 0 Å². The SMILES string of the molecule is NCCCC[C@@H](CC(=O)O)NC(=O)[C@H]1CCCC[C@@H]1NC(=O)[C@H]1CCCC[C@@H]1NC(=O)C[C@H](CCCCN)NC(=O)[C@H]1CCCC[C@@H]1NC(=O)[C@H]1CCCC[C@@H]1NC(=O)C[C@H](CCCCN)NC(=O)[C@H]1CCCC[C@@H]1NC(=O)[C@H]1CCCC[C@@H]1NC(=O)C[C@@H](N)Cc1ccc(O)cc1. The fourth-order valence-corrected chi connectivity index (χ4v) is 16.5. The number of rotatable bonds is 37. The van der Waals surface area contributed by atoms with E-state index in [4.69, 9.17) is 22.9 Å². The van der Waals surface area contributed by atoms with Gasteiger partial charge in [-0.25, -0.2) is 0 Å². The van der Waals surface area contributed by atoms with Crippen LogP contribution in [0, 0.1) is 35.5 Å². The van der Waals surface area contributed by atoms with Gasteiger partial charge in [-0.1, -0.05) is 108 Å². The number of carbonyl (C=O) groups excluding carboxylic acids is 9. The summed E-state index contributed by atoms with van der Waals surface area (Å²) in [6.07, 6.45) is 22.7. The van der Waals surface area contributed by atoms with Crippen molar-refractivity contribution in [3.05, 3.63) is 29.8 Å². The maximum Gasteiger partial charge on any atom is 0.305 e. The van der Waals surface area contributed by atoms with Crippen LogP contribution < -0.4 is 70.8 Å². The zero-order valence-electron chi connectivity index (χ0n) is 58.3. The summed E-state index contributed by atoms with van der Waals surface area (Å²) in [7, 11) is 0. The molecule has 0 aliphatic heterocycles. The molecule has 6 aliphatic rings. The average Bonchev–Trinajstić information content (AvgIpc) is 0.863. The van der Waals surface area contributed by atoms with Gasteiger partial charge >= 0.3 is 5.97 Å². The smallest absolute Gasteiger partial charge is 0.305 e. The molecule has 0 heterocycles. The Morgan fingerprint density at radius 1 is 0.357 bits per heavy atom. The van der Waals surface area contributed by atoms with Crippen molar-refractivity contribution in [3.8, 4) is 5.75 Å². The first kappa shape index (κ1) is 78.9. The summed E-state index contributed by atoms with van der Waals surface area (Å²) in [5.74, 6) is -6.19. The highest BCUT2D eigenvalue weighted by atomic mass is 16.4. The average molecular weight is 1370 g/mol. The first-order valence-corrected chi connectivity index (χ1v) is 37.9. The van der Waals surface area contributed by atoms with Gasteiger partial charge in [0, 0.05) is 79.7 Å². The molecule has 6 fully saturated rings. The van der Waals surface area contributed by atoms with Gasteiger partial charge in [-0.2, -0.15) is 0 Å². The lowest BCUT2D eigenvalue weighted by Crippen LogP contribution is -2.56. The van der Waals surface area contributed by atoms with E-state index in [1.165, 1.54) is 0 Å². The highest BCUT2D eigenvalue weighted by molar-refractivity contribution is 5.88. The van der Waals surface area contributed by atoms with Crippen LogP contribution in [0.5, 0.6) is 5.75 Å². The lowest BCUT2D eigenvalue weighted by Gasteiger charge is -2.37. The summed E-state index contributed by atoms with van der Waals surface area (Å²) in [4.78, 5) is 139. The summed E-state index contributed by atoms with van der Waals surface area (Å²) in [6, 6.07) is 2.00. The van der Waals surface area contributed by atoms with Crippen molar-refractivity contribution in [3.63, 3.8) is 0 Å². The predicted octanol–water partition coefficient (Wildman–Crippen LogP) is 4.80. The fraction of sp³-hybridized carbons (Fsp3) is 0.781. The van der Waals surface area contributed by atoms with E-state index in [1.54, 1.807) is 24.3 Å². The molecule has 0 saturated heterocycles. The van der Waals surface area contributed by atoms with Gasteiger partial charge in [-0.05, 0) is 159 Å². The quantitative estimate of drug-likeness (QED) is 0.0398. The number of hydrogen-bond donors (Lipinski definition) is 15. The number of phenols is 1. The summed E-state index contributed by atoms with van der Waals surface area (Å²) in [6.45, 7) is 1.36. The number of benzene rings is 1. The molecule has 7 rings (SSSR count). The lowest BCUT2D eigenvalue weighted by molar-refractivity contribution is -0.138. The molecular weight excluding hydrogens is 1250 g/mol. The van der Waals surface area contributed by atoms with Crippen LogP contribution in [-0.4, -0.2) is 149 Å². The molecule has 25 nitrogen and oxygen atoms in total. The minimum Gasteiger partial charge on any atom is -0.508 e. The minimum absolute atomic E-state index is 0.0157. The van der Waals surface area contributed by atoms with Crippen LogP contribution in [-0.2, 0) is 54.4 Å². The highest BCUT2D eigenvalue weighted by Gasteiger charge is 2.42. The number of carbonyl (C=O) groups is 10. The second-order valence-electron chi connectivity index (χ2n) is 29.5. The number of amides is 9. The summed E-state index contributed by atoms with van der Waals surface area (Å²) in [5.41, 5.74) is 24.8. The number of hydrogen-bond acceptors (Lipinski definition) is 15. The number of unbranched alkanes of at least 4 members (excludes halogenated alkanes) is 3. The van der Waals surface area contributed by atoms with Crippen LogP contribution in [0.15, 0.2) is 24.3 Å². The van der Waals surface area contributed by atoms with Crippen molar-refractivity contribution in [2.24, 2.45) is 58.4 Å². The van der Waals surface area contributed by atoms with Crippen LogP contribution in [0.4, 0.5) is 0 Å². The summed E-state index contributed by atoms with van der Waals surface area (Å²) in [5, 5.41) is 47.8. The van der Waals surface area contributed by atoms with Gasteiger partial charge in [0.1, 0.15) is 5.75 Å². The Balaban J connectivity index is 0.911. The van der Waals surface area contributed by atoms with E-state index in [2.05, 4.69) is 47.9 Å². The molecule has 0 aromatic heterocycles. The molecule has 1 aromatic carbocycles. The maximum atomic E-state index is 14.5. The molecular formula is C73H121N13O12. The topological polar surface area (TPSA) is 424 Å². The number of phenolic OH excluding ortho intramolecular Hbond substituents is 1. The van der Waals surface area contributed by atoms with Crippen molar-refractivity contribution in [1.82, 2.24) is 47.9 Å². The van der Waals surface area contributed by atoms with E-state index in [0.29, 0.717) is 161 Å².